The number of nitrogens with two attached hydrogens (primary N) is 1. The maximum absolute atomic E-state index is 11.1. The molecule has 0 aliphatic rings. The minimum absolute atomic E-state index is 0.131. The highest BCUT2D eigenvalue weighted by Crippen LogP contribution is 2.02. The highest BCUT2D eigenvalue weighted by atomic mass is 32.2. The van der Waals surface area contributed by atoms with Crippen LogP contribution >= 0.6 is 0 Å². The molecule has 0 amide bonds. The van der Waals surface area contributed by atoms with E-state index < -0.39 is 16.3 Å². The summed E-state index contributed by atoms with van der Waals surface area (Å²) in [5.41, 5.74) is 0.131. The molecule has 0 saturated carbocycles. The lowest BCUT2D eigenvalue weighted by Crippen LogP contribution is -2.33. The lowest BCUT2D eigenvalue weighted by Gasteiger charge is -2.02. The molecule has 0 unspecified atom stereocenters. The largest absolute Gasteiger partial charge is 0.398 e. The molecule has 1 rings (SSSR count). The van der Waals surface area contributed by atoms with Gasteiger partial charge < -0.3 is 4.18 Å². The fourth-order valence-corrected chi connectivity index (χ4v) is 1.09. The Bertz CT molecular complexity index is 415. The molecule has 0 bridgehead atoms. The van der Waals surface area contributed by atoms with Crippen LogP contribution in [0.25, 0.3) is 0 Å². The average molecular weight is 216 g/mol. The Kier molecular flexibility index (Phi) is 3.18. The SMILES string of the molecule is NNS(=O)(=O)OC(=O)c1ccccc1. The summed E-state index contributed by atoms with van der Waals surface area (Å²) in [6.07, 6.45) is 0. The van der Waals surface area contributed by atoms with Crippen molar-refractivity contribution in [2.45, 2.75) is 0 Å². The van der Waals surface area contributed by atoms with Gasteiger partial charge in [0.2, 0.25) is 0 Å². The smallest absolute Gasteiger partial charge is 0.329 e. The number of carbonyl (C=O) groups excluding carboxylic acids is 1. The lowest BCUT2D eigenvalue weighted by molar-refractivity contribution is 0.0744. The predicted molar refractivity (Wildman–Crippen MR) is 48.1 cm³/mol. The number of hydrogen-bond donors (Lipinski definition) is 2. The number of rotatable bonds is 3. The molecule has 1 aromatic carbocycles. The van der Waals surface area contributed by atoms with E-state index in [-0.39, 0.29) is 5.56 Å². The van der Waals surface area contributed by atoms with Gasteiger partial charge in [0.15, 0.2) is 0 Å². The van der Waals surface area contributed by atoms with Gasteiger partial charge in [0.25, 0.3) is 0 Å². The topological polar surface area (TPSA) is 98.5 Å². The first-order valence-electron chi connectivity index (χ1n) is 3.56. The summed E-state index contributed by atoms with van der Waals surface area (Å²) in [5, 5.41) is 0. The summed E-state index contributed by atoms with van der Waals surface area (Å²) >= 11 is 0. The Hall–Kier alpha value is -1.44. The standard InChI is InChI=1S/C7H8N2O4S/c8-9-14(11,12)13-7(10)6-4-2-1-3-5-6/h1-5,9H,8H2. The molecule has 1 aromatic rings. The van der Waals surface area contributed by atoms with Crippen molar-refractivity contribution in [1.82, 2.24) is 4.83 Å². The van der Waals surface area contributed by atoms with Crippen LogP contribution in [0.4, 0.5) is 0 Å². The summed E-state index contributed by atoms with van der Waals surface area (Å²) in [6.45, 7) is 0. The maximum Gasteiger partial charge on any atom is 0.398 e. The third-order valence-corrected chi connectivity index (χ3v) is 2.00. The molecule has 0 spiro atoms. The van der Waals surface area contributed by atoms with Gasteiger partial charge in [-0.1, -0.05) is 18.2 Å². The predicted octanol–water partition coefficient (Wildman–Crippen LogP) is -0.448. The van der Waals surface area contributed by atoms with Gasteiger partial charge in [-0.3, -0.25) is 5.84 Å². The molecule has 0 aromatic heterocycles. The van der Waals surface area contributed by atoms with Crippen LogP contribution in [0.15, 0.2) is 30.3 Å². The van der Waals surface area contributed by atoms with E-state index >= 15 is 0 Å². The molecule has 7 heteroatoms. The van der Waals surface area contributed by atoms with Crippen LogP contribution in [-0.2, 0) is 14.5 Å². The van der Waals surface area contributed by atoms with Crippen LogP contribution in [0.1, 0.15) is 10.4 Å². The number of benzene rings is 1. The lowest BCUT2D eigenvalue weighted by atomic mass is 10.2. The summed E-state index contributed by atoms with van der Waals surface area (Å²) in [4.78, 5) is 12.5. The quantitative estimate of drug-likeness (QED) is 0.526. The van der Waals surface area contributed by atoms with Gasteiger partial charge in [0.05, 0.1) is 5.56 Å². The Labute approximate surface area is 80.9 Å². The van der Waals surface area contributed by atoms with E-state index in [0.717, 1.165) is 0 Å². The molecule has 0 fully saturated rings. The molecule has 0 radical (unpaired) electrons. The molecular weight excluding hydrogens is 208 g/mol. The second kappa shape index (κ2) is 4.18. The van der Waals surface area contributed by atoms with E-state index in [2.05, 4.69) is 10.0 Å². The molecule has 14 heavy (non-hydrogen) atoms. The van der Waals surface area contributed by atoms with E-state index in [1.807, 2.05) is 0 Å². The molecule has 76 valence electrons. The van der Waals surface area contributed by atoms with Crippen molar-refractivity contribution in [1.29, 1.82) is 0 Å². The fourth-order valence-electron chi connectivity index (χ4n) is 0.746. The monoisotopic (exact) mass is 216 g/mol. The fraction of sp³-hybridized carbons (Fsp3) is 0. The van der Waals surface area contributed by atoms with Gasteiger partial charge >= 0.3 is 16.3 Å². The zero-order valence-electron chi connectivity index (χ0n) is 7.01. The Morgan fingerprint density at radius 2 is 1.86 bits per heavy atom. The van der Waals surface area contributed by atoms with Crippen molar-refractivity contribution in [2.24, 2.45) is 5.84 Å². The molecule has 0 heterocycles. The van der Waals surface area contributed by atoms with E-state index in [4.69, 9.17) is 0 Å². The first kappa shape index (κ1) is 10.6. The van der Waals surface area contributed by atoms with Crippen molar-refractivity contribution in [2.75, 3.05) is 0 Å². The van der Waals surface area contributed by atoms with Crippen molar-refractivity contribution in [3.8, 4) is 0 Å². The Morgan fingerprint density at radius 1 is 1.29 bits per heavy atom. The van der Waals surface area contributed by atoms with Gasteiger partial charge in [0.1, 0.15) is 0 Å². The third kappa shape index (κ3) is 2.80. The third-order valence-electron chi connectivity index (χ3n) is 1.34. The van der Waals surface area contributed by atoms with Crippen molar-refractivity contribution in [3.05, 3.63) is 35.9 Å². The number of hydrazine groups is 1. The Morgan fingerprint density at radius 3 is 2.36 bits per heavy atom. The minimum atomic E-state index is -4.19. The van der Waals surface area contributed by atoms with Gasteiger partial charge in [-0.15, -0.1) is 4.83 Å². The molecule has 0 atom stereocenters. The summed E-state index contributed by atoms with van der Waals surface area (Å²) in [6, 6.07) is 7.70. The zero-order chi connectivity index (χ0) is 10.6. The zero-order valence-corrected chi connectivity index (χ0v) is 7.82. The van der Waals surface area contributed by atoms with Crippen LogP contribution in [-0.4, -0.2) is 14.4 Å². The molecule has 3 N–H and O–H groups in total. The summed E-state index contributed by atoms with van der Waals surface area (Å²) in [7, 11) is -4.19. The number of carbonyl (C=O) groups is 1. The van der Waals surface area contributed by atoms with Crippen LogP contribution < -0.4 is 10.7 Å². The van der Waals surface area contributed by atoms with E-state index in [1.165, 1.54) is 17.0 Å². The van der Waals surface area contributed by atoms with Crippen LogP contribution in [0.2, 0.25) is 0 Å². The second-order valence-electron chi connectivity index (χ2n) is 2.31. The highest BCUT2D eigenvalue weighted by Gasteiger charge is 2.15. The molecule has 0 aliphatic heterocycles. The summed E-state index contributed by atoms with van der Waals surface area (Å²) < 4.78 is 25.5. The normalized spacial score (nSPS) is 10.9. The van der Waals surface area contributed by atoms with E-state index in [9.17, 15) is 13.2 Å². The van der Waals surface area contributed by atoms with Crippen LogP contribution in [0.5, 0.6) is 0 Å². The van der Waals surface area contributed by atoms with Crippen molar-refractivity contribution < 1.29 is 17.4 Å². The van der Waals surface area contributed by atoms with E-state index in [1.54, 1.807) is 18.2 Å². The Balaban J connectivity index is 2.79. The van der Waals surface area contributed by atoms with Crippen molar-refractivity contribution in [3.63, 3.8) is 0 Å². The second-order valence-corrected chi connectivity index (χ2v) is 3.62. The summed E-state index contributed by atoms with van der Waals surface area (Å²) in [5.74, 6) is 3.63. The van der Waals surface area contributed by atoms with Crippen molar-refractivity contribution >= 4 is 16.3 Å². The van der Waals surface area contributed by atoms with Crippen LogP contribution in [0.3, 0.4) is 0 Å². The first-order valence-corrected chi connectivity index (χ1v) is 4.97. The van der Waals surface area contributed by atoms with Gasteiger partial charge in [-0.25, -0.2) is 4.79 Å². The highest BCUT2D eigenvalue weighted by molar-refractivity contribution is 7.85. The average Bonchev–Trinajstić information content (AvgIpc) is 2.19. The van der Waals surface area contributed by atoms with Gasteiger partial charge in [-0.2, -0.15) is 8.42 Å². The van der Waals surface area contributed by atoms with Crippen LogP contribution in [0, 0.1) is 0 Å². The maximum atomic E-state index is 11.1. The first-order chi connectivity index (χ1) is 6.55. The van der Waals surface area contributed by atoms with E-state index in [0.29, 0.717) is 0 Å². The molecule has 0 saturated heterocycles. The molecule has 6 nitrogen and oxygen atoms in total. The number of hydrogen-bond acceptors (Lipinski definition) is 5. The van der Waals surface area contributed by atoms with Gasteiger partial charge in [-0.05, 0) is 12.1 Å². The minimum Gasteiger partial charge on any atom is -0.329 e. The van der Waals surface area contributed by atoms with Gasteiger partial charge in [0, 0.05) is 0 Å². The molecular formula is C7H8N2O4S. The molecule has 0 aliphatic carbocycles. The number of nitrogens with one attached hydrogen (secondary N) is 1.